The van der Waals surface area contributed by atoms with Gasteiger partial charge in [0.05, 0.1) is 6.61 Å². The number of ether oxygens (including phenoxy) is 1. The first kappa shape index (κ1) is 9.98. The first-order valence-corrected chi connectivity index (χ1v) is 4.96. The maximum atomic E-state index is 10.7. The highest BCUT2D eigenvalue weighted by Gasteiger charge is 2.15. The molecule has 1 aromatic carbocycles. The van der Waals surface area contributed by atoms with Crippen LogP contribution in [0.2, 0.25) is 0 Å². The van der Waals surface area contributed by atoms with Gasteiger partial charge in [-0.1, -0.05) is 12.1 Å². The van der Waals surface area contributed by atoms with Crippen molar-refractivity contribution in [3.63, 3.8) is 0 Å². The maximum Gasteiger partial charge on any atom is 0.219 e. The number of nitrogens with two attached hydrogens (primary N) is 2. The summed E-state index contributed by atoms with van der Waals surface area (Å²) in [6, 6.07) is 5.47. The molecule has 0 radical (unpaired) electrons. The largest absolute Gasteiger partial charge is 0.493 e. The molecule has 0 unspecified atom stereocenters. The minimum absolute atomic E-state index is 0.180. The Kier molecular flexibility index (Phi) is 2.60. The van der Waals surface area contributed by atoms with Gasteiger partial charge in [0, 0.05) is 18.9 Å². The summed E-state index contributed by atoms with van der Waals surface area (Å²) in [5.74, 6) is 0.546. The van der Waals surface area contributed by atoms with Crippen LogP contribution >= 0.6 is 0 Å². The molecule has 0 fully saturated rings. The van der Waals surface area contributed by atoms with Crippen molar-refractivity contribution in [2.75, 3.05) is 6.61 Å². The summed E-state index contributed by atoms with van der Waals surface area (Å²) in [6.07, 6.45) is 1.09. The van der Waals surface area contributed by atoms with Gasteiger partial charge < -0.3 is 16.2 Å². The highest BCUT2D eigenvalue weighted by Crippen LogP contribution is 2.28. The molecule has 4 nitrogen and oxygen atoms in total. The highest BCUT2D eigenvalue weighted by molar-refractivity contribution is 5.74. The van der Waals surface area contributed by atoms with Gasteiger partial charge in [-0.05, 0) is 17.2 Å². The van der Waals surface area contributed by atoms with E-state index in [1.807, 2.05) is 18.2 Å². The van der Waals surface area contributed by atoms with E-state index in [4.69, 9.17) is 16.2 Å². The van der Waals surface area contributed by atoms with Crippen LogP contribution in [0.1, 0.15) is 23.6 Å². The molecule has 0 aromatic heterocycles. The van der Waals surface area contributed by atoms with Gasteiger partial charge in [-0.2, -0.15) is 0 Å². The van der Waals surface area contributed by atoms with Crippen LogP contribution in [0, 0.1) is 0 Å². The number of carbonyl (C=O) groups is 1. The maximum absolute atomic E-state index is 10.7. The zero-order valence-corrected chi connectivity index (χ0v) is 8.40. The third-order valence-electron chi connectivity index (χ3n) is 2.56. The molecule has 1 amide bonds. The van der Waals surface area contributed by atoms with Crippen molar-refractivity contribution in [3.8, 4) is 5.75 Å². The molecule has 15 heavy (non-hydrogen) atoms. The van der Waals surface area contributed by atoms with Crippen molar-refractivity contribution < 1.29 is 9.53 Å². The van der Waals surface area contributed by atoms with Gasteiger partial charge in [-0.25, -0.2) is 0 Å². The lowest BCUT2D eigenvalue weighted by Crippen LogP contribution is -2.20. The second kappa shape index (κ2) is 3.90. The van der Waals surface area contributed by atoms with Gasteiger partial charge in [-0.15, -0.1) is 0 Å². The first-order valence-electron chi connectivity index (χ1n) is 4.96. The molecule has 80 valence electrons. The topological polar surface area (TPSA) is 78.3 Å². The summed E-state index contributed by atoms with van der Waals surface area (Å²) in [5.41, 5.74) is 13.1. The standard InChI is InChI=1S/C11H14N2O2/c12-9(6-11(13)14)7-1-2-10-8(5-7)3-4-15-10/h1-2,5,9H,3-4,6,12H2,(H2,13,14)/t9-/m0/s1. The lowest BCUT2D eigenvalue weighted by atomic mass is 10.0. The minimum Gasteiger partial charge on any atom is -0.493 e. The van der Waals surface area contributed by atoms with Gasteiger partial charge in [0.2, 0.25) is 5.91 Å². The summed E-state index contributed by atoms with van der Waals surface area (Å²) in [7, 11) is 0. The van der Waals surface area contributed by atoms with E-state index in [-0.39, 0.29) is 18.4 Å². The molecule has 2 rings (SSSR count). The summed E-state index contributed by atoms with van der Waals surface area (Å²) in [5, 5.41) is 0. The summed E-state index contributed by atoms with van der Waals surface area (Å²) >= 11 is 0. The van der Waals surface area contributed by atoms with Crippen LogP contribution < -0.4 is 16.2 Å². The smallest absolute Gasteiger partial charge is 0.219 e. The Labute approximate surface area is 88.2 Å². The fraction of sp³-hybridized carbons (Fsp3) is 0.364. The molecule has 1 aliphatic heterocycles. The number of hydrogen-bond donors (Lipinski definition) is 2. The lowest BCUT2D eigenvalue weighted by molar-refractivity contribution is -0.118. The fourth-order valence-corrected chi connectivity index (χ4v) is 1.77. The zero-order valence-electron chi connectivity index (χ0n) is 8.40. The number of rotatable bonds is 3. The molecule has 0 spiro atoms. The van der Waals surface area contributed by atoms with E-state index >= 15 is 0 Å². The summed E-state index contributed by atoms with van der Waals surface area (Å²) in [4.78, 5) is 10.7. The average Bonchev–Trinajstić information content (AvgIpc) is 2.62. The Morgan fingerprint density at radius 2 is 2.33 bits per heavy atom. The molecule has 4 heteroatoms. The number of hydrogen-bond acceptors (Lipinski definition) is 3. The number of primary amides is 1. The Balaban J connectivity index is 2.19. The number of amides is 1. The van der Waals surface area contributed by atoms with E-state index in [1.54, 1.807) is 0 Å². The number of fused-ring (bicyclic) bond motifs is 1. The van der Waals surface area contributed by atoms with Crippen LogP contribution in [0.3, 0.4) is 0 Å². The van der Waals surface area contributed by atoms with E-state index < -0.39 is 0 Å². The quantitative estimate of drug-likeness (QED) is 0.755. The SMILES string of the molecule is NC(=O)C[C@H](N)c1ccc2c(c1)CCO2. The van der Waals surface area contributed by atoms with E-state index in [2.05, 4.69) is 0 Å². The van der Waals surface area contributed by atoms with Crippen LogP contribution in [-0.4, -0.2) is 12.5 Å². The van der Waals surface area contributed by atoms with Crippen LogP contribution in [0.5, 0.6) is 5.75 Å². The number of benzene rings is 1. The van der Waals surface area contributed by atoms with Gasteiger partial charge in [0.25, 0.3) is 0 Å². The van der Waals surface area contributed by atoms with Crippen molar-refractivity contribution in [2.45, 2.75) is 18.9 Å². The molecule has 0 saturated heterocycles. The van der Waals surface area contributed by atoms with Gasteiger partial charge in [0.15, 0.2) is 0 Å². The van der Waals surface area contributed by atoms with E-state index in [1.165, 1.54) is 0 Å². The average molecular weight is 206 g/mol. The van der Waals surface area contributed by atoms with Crippen molar-refractivity contribution >= 4 is 5.91 Å². The zero-order chi connectivity index (χ0) is 10.8. The second-order valence-electron chi connectivity index (χ2n) is 3.74. The molecule has 1 aliphatic rings. The molecule has 4 N–H and O–H groups in total. The lowest BCUT2D eigenvalue weighted by Gasteiger charge is -2.10. The predicted octanol–water partition coefficient (Wildman–Crippen LogP) is 0.497. The molecule has 1 aromatic rings. The normalized spacial score (nSPS) is 15.5. The molecule has 0 bridgehead atoms. The van der Waals surface area contributed by atoms with E-state index in [0.717, 1.165) is 29.9 Å². The molecular weight excluding hydrogens is 192 g/mol. The minimum atomic E-state index is -0.376. The fourth-order valence-electron chi connectivity index (χ4n) is 1.77. The Morgan fingerprint density at radius 3 is 3.07 bits per heavy atom. The van der Waals surface area contributed by atoms with Crippen LogP contribution in [0.25, 0.3) is 0 Å². The molecule has 0 saturated carbocycles. The van der Waals surface area contributed by atoms with Crippen molar-refractivity contribution in [1.82, 2.24) is 0 Å². The predicted molar refractivity (Wildman–Crippen MR) is 56.4 cm³/mol. The van der Waals surface area contributed by atoms with Crippen LogP contribution in [-0.2, 0) is 11.2 Å². The monoisotopic (exact) mass is 206 g/mol. The third kappa shape index (κ3) is 2.10. The third-order valence-corrected chi connectivity index (χ3v) is 2.56. The van der Waals surface area contributed by atoms with Gasteiger partial charge in [-0.3, -0.25) is 4.79 Å². The molecule has 1 atom stereocenters. The number of carbonyl (C=O) groups excluding carboxylic acids is 1. The van der Waals surface area contributed by atoms with Crippen molar-refractivity contribution in [1.29, 1.82) is 0 Å². The van der Waals surface area contributed by atoms with Crippen molar-refractivity contribution in [3.05, 3.63) is 29.3 Å². The van der Waals surface area contributed by atoms with Gasteiger partial charge in [0.1, 0.15) is 5.75 Å². The van der Waals surface area contributed by atoms with Crippen LogP contribution in [0.15, 0.2) is 18.2 Å². The van der Waals surface area contributed by atoms with E-state index in [9.17, 15) is 4.79 Å². The van der Waals surface area contributed by atoms with E-state index in [0.29, 0.717) is 0 Å². The Hall–Kier alpha value is -1.55. The highest BCUT2D eigenvalue weighted by atomic mass is 16.5. The summed E-state index contributed by atoms with van der Waals surface area (Å²) in [6.45, 7) is 0.726. The molecule has 1 heterocycles. The van der Waals surface area contributed by atoms with Crippen molar-refractivity contribution in [2.24, 2.45) is 11.5 Å². The summed E-state index contributed by atoms with van der Waals surface area (Å²) < 4.78 is 5.38. The molecule has 0 aliphatic carbocycles. The first-order chi connectivity index (χ1) is 7.16. The Bertz CT molecular complexity index is 390. The van der Waals surface area contributed by atoms with Gasteiger partial charge >= 0.3 is 0 Å². The van der Waals surface area contributed by atoms with Crippen LogP contribution in [0.4, 0.5) is 0 Å². The molecular formula is C11H14N2O2. The second-order valence-corrected chi connectivity index (χ2v) is 3.74. The Morgan fingerprint density at radius 1 is 1.53 bits per heavy atom.